The fourth-order valence-electron chi connectivity index (χ4n) is 1.03. The SMILES string of the molecule is CC(C)(C)S(=O)(=O)N[C@@H]1COC[C@H]1O. The van der Waals surface area contributed by atoms with E-state index in [1.165, 1.54) is 0 Å². The van der Waals surface area contributed by atoms with Gasteiger partial charge in [0.25, 0.3) is 0 Å². The predicted molar refractivity (Wildman–Crippen MR) is 52.4 cm³/mol. The molecule has 6 heteroatoms. The molecule has 1 aliphatic heterocycles. The Morgan fingerprint density at radius 1 is 1.36 bits per heavy atom. The Balaban J connectivity index is 2.69. The molecule has 1 fully saturated rings. The molecule has 1 saturated heterocycles. The minimum absolute atomic E-state index is 0.192. The average Bonchev–Trinajstić information content (AvgIpc) is 2.33. The normalized spacial score (nSPS) is 29.4. The maximum Gasteiger partial charge on any atom is 0.216 e. The molecule has 1 aliphatic rings. The molecule has 2 atom stereocenters. The van der Waals surface area contributed by atoms with E-state index in [9.17, 15) is 13.5 Å². The minimum atomic E-state index is -3.40. The Morgan fingerprint density at radius 3 is 2.29 bits per heavy atom. The molecule has 0 unspecified atom stereocenters. The number of hydrogen-bond donors (Lipinski definition) is 2. The van der Waals surface area contributed by atoms with Crippen LogP contribution in [0.3, 0.4) is 0 Å². The highest BCUT2D eigenvalue weighted by atomic mass is 32.2. The summed E-state index contributed by atoms with van der Waals surface area (Å²) >= 11 is 0. The summed E-state index contributed by atoms with van der Waals surface area (Å²) in [6.45, 7) is 5.25. The van der Waals surface area contributed by atoms with Gasteiger partial charge in [-0.25, -0.2) is 13.1 Å². The third kappa shape index (κ3) is 2.44. The van der Waals surface area contributed by atoms with Crippen LogP contribution in [0.2, 0.25) is 0 Å². The average molecular weight is 223 g/mol. The van der Waals surface area contributed by atoms with Crippen molar-refractivity contribution in [2.45, 2.75) is 37.7 Å². The van der Waals surface area contributed by atoms with Gasteiger partial charge in [0.15, 0.2) is 0 Å². The number of aliphatic hydroxyl groups is 1. The lowest BCUT2D eigenvalue weighted by Crippen LogP contribution is -2.48. The maximum atomic E-state index is 11.7. The highest BCUT2D eigenvalue weighted by Crippen LogP contribution is 2.16. The number of nitrogens with one attached hydrogen (secondary N) is 1. The molecule has 0 amide bonds. The lowest BCUT2D eigenvalue weighted by Gasteiger charge is -2.23. The van der Waals surface area contributed by atoms with Gasteiger partial charge in [0, 0.05) is 0 Å². The van der Waals surface area contributed by atoms with Gasteiger partial charge in [0.05, 0.1) is 30.1 Å². The van der Waals surface area contributed by atoms with E-state index in [1.807, 2.05) is 0 Å². The first-order chi connectivity index (χ1) is 6.24. The zero-order chi connectivity index (χ0) is 11.0. The van der Waals surface area contributed by atoms with E-state index in [0.717, 1.165) is 0 Å². The second kappa shape index (κ2) is 3.77. The Hall–Kier alpha value is -0.170. The molecule has 1 rings (SSSR count). The predicted octanol–water partition coefficient (Wildman–Crippen LogP) is -0.536. The van der Waals surface area contributed by atoms with Gasteiger partial charge in [-0.05, 0) is 20.8 Å². The van der Waals surface area contributed by atoms with Crippen molar-refractivity contribution in [2.75, 3.05) is 13.2 Å². The quantitative estimate of drug-likeness (QED) is 0.659. The molecule has 0 bridgehead atoms. The number of ether oxygens (including phenoxy) is 1. The van der Waals surface area contributed by atoms with E-state index in [-0.39, 0.29) is 13.2 Å². The third-order valence-corrected chi connectivity index (χ3v) is 4.39. The second-order valence-corrected chi connectivity index (χ2v) is 6.91. The number of rotatable bonds is 2. The lowest BCUT2D eigenvalue weighted by atomic mass is 10.2. The molecule has 14 heavy (non-hydrogen) atoms. The van der Waals surface area contributed by atoms with Crippen LogP contribution in [0, 0.1) is 0 Å². The molecular formula is C8H17NO4S. The van der Waals surface area contributed by atoms with Gasteiger partial charge < -0.3 is 9.84 Å². The van der Waals surface area contributed by atoms with Gasteiger partial charge in [-0.1, -0.05) is 0 Å². The van der Waals surface area contributed by atoms with Gasteiger partial charge in [-0.2, -0.15) is 0 Å². The molecule has 0 aromatic carbocycles. The van der Waals surface area contributed by atoms with Crippen molar-refractivity contribution in [3.63, 3.8) is 0 Å². The van der Waals surface area contributed by atoms with Crippen molar-refractivity contribution in [1.82, 2.24) is 4.72 Å². The summed E-state index contributed by atoms with van der Waals surface area (Å²) in [4.78, 5) is 0. The maximum absolute atomic E-state index is 11.7. The van der Waals surface area contributed by atoms with Gasteiger partial charge >= 0.3 is 0 Å². The molecule has 0 aliphatic carbocycles. The van der Waals surface area contributed by atoms with E-state index in [0.29, 0.717) is 0 Å². The first-order valence-corrected chi connectivity index (χ1v) is 6.00. The fraction of sp³-hybridized carbons (Fsp3) is 1.00. The molecule has 2 N–H and O–H groups in total. The summed E-state index contributed by atoms with van der Waals surface area (Å²) in [7, 11) is -3.40. The molecule has 0 aromatic heterocycles. The zero-order valence-corrected chi connectivity index (χ0v) is 9.47. The Bertz CT molecular complexity index is 293. The monoisotopic (exact) mass is 223 g/mol. The lowest BCUT2D eigenvalue weighted by molar-refractivity contribution is 0.124. The highest BCUT2D eigenvalue weighted by Gasteiger charge is 2.35. The van der Waals surface area contributed by atoms with Crippen LogP contribution in [0.5, 0.6) is 0 Å². The first kappa shape index (κ1) is 11.9. The molecule has 84 valence electrons. The highest BCUT2D eigenvalue weighted by molar-refractivity contribution is 7.90. The molecular weight excluding hydrogens is 206 g/mol. The summed E-state index contributed by atoms with van der Waals surface area (Å²) < 4.78 is 29.9. The fourth-order valence-corrected chi connectivity index (χ4v) is 2.01. The Kier molecular flexibility index (Phi) is 3.20. The molecule has 0 saturated carbocycles. The van der Waals surface area contributed by atoms with Gasteiger partial charge in [-0.3, -0.25) is 0 Å². The summed E-state index contributed by atoms with van der Waals surface area (Å²) in [5.74, 6) is 0. The van der Waals surface area contributed by atoms with Crippen molar-refractivity contribution in [3.8, 4) is 0 Å². The van der Waals surface area contributed by atoms with Gasteiger partial charge in [0.1, 0.15) is 0 Å². The Morgan fingerprint density at radius 2 is 1.93 bits per heavy atom. The standard InChI is InChI=1S/C8H17NO4S/c1-8(2,3)14(11,12)9-6-4-13-5-7(6)10/h6-7,9-10H,4-5H2,1-3H3/t6-,7-/m1/s1. The van der Waals surface area contributed by atoms with Crippen LogP contribution in [0.1, 0.15) is 20.8 Å². The molecule has 0 aromatic rings. The second-order valence-electron chi connectivity index (χ2n) is 4.44. The first-order valence-electron chi connectivity index (χ1n) is 4.52. The van der Waals surface area contributed by atoms with E-state index in [1.54, 1.807) is 20.8 Å². The Labute approximate surface area is 84.5 Å². The topological polar surface area (TPSA) is 75.6 Å². The molecule has 1 heterocycles. The van der Waals surface area contributed by atoms with Crippen molar-refractivity contribution < 1.29 is 18.3 Å². The van der Waals surface area contributed by atoms with E-state index in [2.05, 4.69) is 4.72 Å². The van der Waals surface area contributed by atoms with E-state index >= 15 is 0 Å². The largest absolute Gasteiger partial charge is 0.389 e. The zero-order valence-electron chi connectivity index (χ0n) is 8.65. The summed E-state index contributed by atoms with van der Waals surface area (Å²) in [6, 6.07) is -0.515. The van der Waals surface area contributed by atoms with Crippen LogP contribution in [-0.4, -0.2) is 43.6 Å². The van der Waals surface area contributed by atoms with Crippen LogP contribution in [0.25, 0.3) is 0 Å². The van der Waals surface area contributed by atoms with Crippen molar-refractivity contribution in [3.05, 3.63) is 0 Å². The third-order valence-electron chi connectivity index (χ3n) is 2.16. The summed E-state index contributed by atoms with van der Waals surface area (Å²) in [5.41, 5.74) is 0. The number of hydrogen-bond acceptors (Lipinski definition) is 4. The smallest absolute Gasteiger partial charge is 0.216 e. The van der Waals surface area contributed by atoms with Crippen molar-refractivity contribution in [1.29, 1.82) is 0 Å². The molecule has 5 nitrogen and oxygen atoms in total. The van der Waals surface area contributed by atoms with Gasteiger partial charge in [-0.15, -0.1) is 0 Å². The van der Waals surface area contributed by atoms with Crippen LogP contribution in [0.4, 0.5) is 0 Å². The van der Waals surface area contributed by atoms with Gasteiger partial charge in [0.2, 0.25) is 10.0 Å². The summed E-state index contributed by atoms with van der Waals surface area (Å²) in [5, 5.41) is 9.37. The van der Waals surface area contributed by atoms with Crippen LogP contribution < -0.4 is 4.72 Å². The molecule has 0 radical (unpaired) electrons. The van der Waals surface area contributed by atoms with Crippen LogP contribution in [-0.2, 0) is 14.8 Å². The minimum Gasteiger partial charge on any atom is -0.389 e. The summed E-state index contributed by atoms with van der Waals surface area (Å²) in [6.07, 6.45) is -0.743. The van der Waals surface area contributed by atoms with Crippen LogP contribution >= 0.6 is 0 Å². The van der Waals surface area contributed by atoms with Crippen LogP contribution in [0.15, 0.2) is 0 Å². The number of aliphatic hydroxyl groups excluding tert-OH is 1. The van der Waals surface area contributed by atoms with Crippen molar-refractivity contribution >= 4 is 10.0 Å². The molecule has 0 spiro atoms. The van der Waals surface area contributed by atoms with E-state index in [4.69, 9.17) is 4.74 Å². The number of sulfonamides is 1. The van der Waals surface area contributed by atoms with Crippen molar-refractivity contribution in [2.24, 2.45) is 0 Å². The van der Waals surface area contributed by atoms with E-state index < -0.39 is 26.9 Å².